The van der Waals surface area contributed by atoms with E-state index in [1.807, 2.05) is 27.7 Å². The molecule has 0 unspecified atom stereocenters. The lowest BCUT2D eigenvalue weighted by Crippen LogP contribution is -2.39. The van der Waals surface area contributed by atoms with Gasteiger partial charge >= 0.3 is 5.97 Å². The van der Waals surface area contributed by atoms with Crippen molar-refractivity contribution in [2.75, 3.05) is 25.0 Å². The van der Waals surface area contributed by atoms with Crippen molar-refractivity contribution in [1.29, 1.82) is 0 Å². The van der Waals surface area contributed by atoms with Gasteiger partial charge in [-0.25, -0.2) is 0 Å². The topological polar surface area (TPSA) is 58.6 Å². The Morgan fingerprint density at radius 3 is 2.42 bits per heavy atom. The molecule has 1 aromatic carbocycles. The van der Waals surface area contributed by atoms with Gasteiger partial charge in [-0.2, -0.15) is 0 Å². The SMILES string of the molecule is CCCN(CC(=O)Nc1ccc(Cl)cc1Cl)CC(=O)OC(C)(C)C. The minimum Gasteiger partial charge on any atom is -0.459 e. The Morgan fingerprint density at radius 2 is 1.88 bits per heavy atom. The van der Waals surface area contributed by atoms with E-state index in [-0.39, 0.29) is 25.0 Å². The van der Waals surface area contributed by atoms with Gasteiger partial charge in [-0.05, 0) is 51.9 Å². The quantitative estimate of drug-likeness (QED) is 0.733. The van der Waals surface area contributed by atoms with Crippen LogP contribution >= 0.6 is 23.2 Å². The number of rotatable bonds is 7. The molecule has 5 nitrogen and oxygen atoms in total. The summed E-state index contributed by atoms with van der Waals surface area (Å²) in [5.74, 6) is -0.607. The first-order valence-electron chi connectivity index (χ1n) is 7.80. The number of carbonyl (C=O) groups is 2. The highest BCUT2D eigenvalue weighted by molar-refractivity contribution is 6.36. The van der Waals surface area contributed by atoms with Gasteiger partial charge in [-0.1, -0.05) is 30.1 Å². The van der Waals surface area contributed by atoms with Gasteiger partial charge < -0.3 is 10.1 Å². The summed E-state index contributed by atoms with van der Waals surface area (Å²) in [6.45, 7) is 8.16. The van der Waals surface area contributed by atoms with Crippen LogP contribution in [-0.4, -0.2) is 42.0 Å². The van der Waals surface area contributed by atoms with E-state index in [4.69, 9.17) is 27.9 Å². The van der Waals surface area contributed by atoms with Crippen molar-refractivity contribution in [2.45, 2.75) is 39.7 Å². The van der Waals surface area contributed by atoms with Crippen LogP contribution in [0.3, 0.4) is 0 Å². The van der Waals surface area contributed by atoms with Crippen molar-refractivity contribution in [2.24, 2.45) is 0 Å². The molecular weight excluding hydrogens is 351 g/mol. The second-order valence-electron chi connectivity index (χ2n) is 6.47. The maximum Gasteiger partial charge on any atom is 0.320 e. The standard InChI is InChI=1S/C17H24Cl2N2O3/c1-5-8-21(11-16(23)24-17(2,3)4)10-15(22)20-14-7-6-12(18)9-13(14)19/h6-7,9H,5,8,10-11H2,1-4H3,(H,20,22). The highest BCUT2D eigenvalue weighted by atomic mass is 35.5. The van der Waals surface area contributed by atoms with Crippen LogP contribution in [0.5, 0.6) is 0 Å². The first-order chi connectivity index (χ1) is 11.1. The van der Waals surface area contributed by atoms with Crippen LogP contribution < -0.4 is 5.32 Å². The number of nitrogens with zero attached hydrogens (tertiary/aromatic N) is 1. The summed E-state index contributed by atoms with van der Waals surface area (Å²) < 4.78 is 5.30. The molecule has 1 amide bonds. The van der Waals surface area contributed by atoms with E-state index in [0.717, 1.165) is 6.42 Å². The maximum absolute atomic E-state index is 12.2. The Morgan fingerprint density at radius 1 is 1.21 bits per heavy atom. The van der Waals surface area contributed by atoms with E-state index in [9.17, 15) is 9.59 Å². The van der Waals surface area contributed by atoms with Crippen molar-refractivity contribution in [3.63, 3.8) is 0 Å². The third-order valence-corrected chi connectivity index (χ3v) is 3.43. The first-order valence-corrected chi connectivity index (χ1v) is 8.55. The van der Waals surface area contributed by atoms with Gasteiger partial charge in [0.2, 0.25) is 5.91 Å². The predicted octanol–water partition coefficient (Wildman–Crippen LogP) is 3.99. The third-order valence-electron chi connectivity index (χ3n) is 2.88. The summed E-state index contributed by atoms with van der Waals surface area (Å²) in [7, 11) is 0. The number of amides is 1. The van der Waals surface area contributed by atoms with E-state index < -0.39 is 5.60 Å². The molecule has 0 aliphatic rings. The number of anilines is 1. The Bertz CT molecular complexity index is 586. The zero-order valence-corrected chi connectivity index (χ0v) is 16.0. The number of hydrogen-bond acceptors (Lipinski definition) is 4. The summed E-state index contributed by atoms with van der Waals surface area (Å²) in [5, 5.41) is 3.59. The smallest absolute Gasteiger partial charge is 0.320 e. The number of halogens is 2. The Kier molecular flexibility index (Phi) is 8.00. The molecule has 0 aliphatic heterocycles. The molecule has 0 fully saturated rings. The van der Waals surface area contributed by atoms with Crippen LogP contribution in [0.1, 0.15) is 34.1 Å². The minimum atomic E-state index is -0.548. The molecule has 0 spiro atoms. The molecule has 0 aliphatic carbocycles. The Balaban J connectivity index is 2.63. The number of ether oxygens (including phenoxy) is 1. The fraction of sp³-hybridized carbons (Fsp3) is 0.529. The zero-order valence-electron chi connectivity index (χ0n) is 14.5. The molecule has 0 radical (unpaired) electrons. The molecular formula is C17H24Cl2N2O3. The van der Waals surface area contributed by atoms with Crippen molar-refractivity contribution in [1.82, 2.24) is 4.90 Å². The number of nitrogens with one attached hydrogen (secondary N) is 1. The van der Waals surface area contributed by atoms with Gasteiger partial charge in [0.25, 0.3) is 0 Å². The van der Waals surface area contributed by atoms with E-state index in [1.165, 1.54) is 0 Å². The van der Waals surface area contributed by atoms with Gasteiger partial charge in [-0.3, -0.25) is 14.5 Å². The van der Waals surface area contributed by atoms with Crippen molar-refractivity contribution >= 4 is 40.8 Å². The van der Waals surface area contributed by atoms with E-state index in [2.05, 4.69) is 5.32 Å². The molecule has 1 aromatic rings. The second-order valence-corrected chi connectivity index (χ2v) is 7.31. The van der Waals surface area contributed by atoms with Crippen LogP contribution in [0.15, 0.2) is 18.2 Å². The normalized spacial score (nSPS) is 11.5. The van der Waals surface area contributed by atoms with Gasteiger partial charge in [0.1, 0.15) is 5.60 Å². The molecule has 0 aromatic heterocycles. The number of benzene rings is 1. The van der Waals surface area contributed by atoms with Crippen LogP contribution in [0.25, 0.3) is 0 Å². The highest BCUT2D eigenvalue weighted by Crippen LogP contribution is 2.25. The second kappa shape index (κ2) is 9.25. The van der Waals surface area contributed by atoms with Gasteiger partial charge in [0.15, 0.2) is 0 Å². The third kappa shape index (κ3) is 7.99. The molecule has 134 valence electrons. The van der Waals surface area contributed by atoms with E-state index in [0.29, 0.717) is 22.3 Å². The van der Waals surface area contributed by atoms with Crippen molar-refractivity contribution in [3.8, 4) is 0 Å². The lowest BCUT2D eigenvalue weighted by atomic mass is 10.2. The lowest BCUT2D eigenvalue weighted by molar-refractivity contribution is -0.156. The van der Waals surface area contributed by atoms with Gasteiger partial charge in [0.05, 0.1) is 23.8 Å². The summed E-state index contributed by atoms with van der Waals surface area (Å²) in [6, 6.07) is 4.84. The van der Waals surface area contributed by atoms with E-state index >= 15 is 0 Å². The number of hydrogen-bond donors (Lipinski definition) is 1. The summed E-state index contributed by atoms with van der Waals surface area (Å²) in [5.41, 5.74) is -0.0617. The summed E-state index contributed by atoms with van der Waals surface area (Å²) >= 11 is 11.9. The number of esters is 1. The molecule has 24 heavy (non-hydrogen) atoms. The molecule has 1 rings (SSSR count). The van der Waals surface area contributed by atoms with Crippen LogP contribution in [-0.2, 0) is 14.3 Å². The van der Waals surface area contributed by atoms with Crippen LogP contribution in [0, 0.1) is 0 Å². The molecule has 0 saturated heterocycles. The zero-order chi connectivity index (χ0) is 18.3. The fourth-order valence-electron chi connectivity index (χ4n) is 2.07. The molecule has 7 heteroatoms. The van der Waals surface area contributed by atoms with Gasteiger partial charge in [0, 0.05) is 5.02 Å². The molecule has 0 heterocycles. The molecule has 1 N–H and O–H groups in total. The van der Waals surface area contributed by atoms with Crippen LogP contribution in [0.2, 0.25) is 10.0 Å². The molecule has 0 bridgehead atoms. The first kappa shape index (κ1) is 20.7. The highest BCUT2D eigenvalue weighted by Gasteiger charge is 2.20. The van der Waals surface area contributed by atoms with Crippen LogP contribution in [0.4, 0.5) is 5.69 Å². The average molecular weight is 375 g/mol. The van der Waals surface area contributed by atoms with Crippen molar-refractivity contribution in [3.05, 3.63) is 28.2 Å². The monoisotopic (exact) mass is 374 g/mol. The predicted molar refractivity (Wildman–Crippen MR) is 97.7 cm³/mol. The van der Waals surface area contributed by atoms with E-state index in [1.54, 1.807) is 23.1 Å². The molecule has 0 atom stereocenters. The fourth-order valence-corrected chi connectivity index (χ4v) is 2.53. The molecule has 0 saturated carbocycles. The Hall–Kier alpha value is -1.30. The van der Waals surface area contributed by atoms with Crippen molar-refractivity contribution < 1.29 is 14.3 Å². The maximum atomic E-state index is 12.2. The average Bonchev–Trinajstić information content (AvgIpc) is 2.40. The largest absolute Gasteiger partial charge is 0.459 e. The Labute approximate surface area is 153 Å². The minimum absolute atomic E-state index is 0.0624. The number of carbonyl (C=O) groups excluding carboxylic acids is 2. The summed E-state index contributed by atoms with van der Waals surface area (Å²) in [4.78, 5) is 25.9. The van der Waals surface area contributed by atoms with Gasteiger partial charge in [-0.15, -0.1) is 0 Å². The lowest BCUT2D eigenvalue weighted by Gasteiger charge is -2.24. The summed E-state index contributed by atoms with van der Waals surface area (Å²) in [6.07, 6.45) is 0.817.